The molecule has 5 rings (SSSR count). The van der Waals surface area contributed by atoms with Crippen LogP contribution in [0.2, 0.25) is 0 Å². The Morgan fingerprint density at radius 2 is 1.71 bits per heavy atom. The second kappa shape index (κ2) is 10.1. The fraction of sp³-hybridized carbons (Fsp3) is 0.269. The van der Waals surface area contributed by atoms with E-state index in [2.05, 4.69) is 25.2 Å². The number of anilines is 1. The van der Waals surface area contributed by atoms with Crippen LogP contribution in [-0.2, 0) is 9.84 Å². The summed E-state index contributed by atoms with van der Waals surface area (Å²) in [5.74, 6) is -0.167. The number of benzene rings is 1. The van der Waals surface area contributed by atoms with Crippen LogP contribution in [-0.4, -0.2) is 60.3 Å². The maximum atomic E-state index is 13.1. The van der Waals surface area contributed by atoms with E-state index in [0.29, 0.717) is 12.1 Å². The summed E-state index contributed by atoms with van der Waals surface area (Å²) >= 11 is 0. The number of sulfone groups is 1. The zero-order valence-corrected chi connectivity index (χ0v) is 20.2. The first-order chi connectivity index (χ1) is 17.0. The Bertz CT molecular complexity index is 1440. The fourth-order valence-electron chi connectivity index (χ4n) is 4.50. The largest absolute Gasteiger partial charge is 0.383 e. The van der Waals surface area contributed by atoms with E-state index in [1.165, 1.54) is 12.8 Å². The molecule has 0 spiro atoms. The van der Waals surface area contributed by atoms with Gasteiger partial charge in [0.2, 0.25) is 0 Å². The number of rotatable bonds is 8. The Morgan fingerprint density at radius 3 is 2.51 bits per heavy atom. The average Bonchev–Trinajstić information content (AvgIpc) is 3.40. The molecule has 1 aromatic carbocycles. The molecule has 4 aromatic rings. The lowest BCUT2D eigenvalue weighted by atomic mass is 9.98. The monoisotopic (exact) mass is 488 g/mol. The molecule has 3 aromatic heterocycles. The van der Waals surface area contributed by atoms with Crippen molar-refractivity contribution in [2.75, 3.05) is 37.8 Å². The first-order valence-corrected chi connectivity index (χ1v) is 13.4. The second-order valence-corrected chi connectivity index (χ2v) is 10.7. The molecule has 0 radical (unpaired) electrons. The quantitative estimate of drug-likeness (QED) is 0.363. The number of fused-ring (bicyclic) bond motifs is 1. The molecule has 0 atom stereocenters. The van der Waals surface area contributed by atoms with Gasteiger partial charge in [-0.3, -0.25) is 9.97 Å². The van der Waals surface area contributed by atoms with Gasteiger partial charge < -0.3 is 16.0 Å². The number of nitrogen functional groups attached to an aromatic ring is 1. The molecule has 1 fully saturated rings. The van der Waals surface area contributed by atoms with Crippen LogP contribution in [0.5, 0.6) is 0 Å². The predicted octanol–water partition coefficient (Wildman–Crippen LogP) is 3.36. The number of nitrogens with one attached hydrogen (secondary N) is 1. The molecule has 0 saturated carbocycles. The third kappa shape index (κ3) is 5.17. The minimum atomic E-state index is -3.65. The van der Waals surface area contributed by atoms with Gasteiger partial charge in [-0.2, -0.15) is 0 Å². The van der Waals surface area contributed by atoms with Crippen molar-refractivity contribution in [3.8, 4) is 22.3 Å². The van der Waals surface area contributed by atoms with Crippen molar-refractivity contribution in [2.24, 2.45) is 0 Å². The summed E-state index contributed by atoms with van der Waals surface area (Å²) in [5, 5.41) is 4.02. The highest BCUT2D eigenvalue weighted by atomic mass is 32.2. The van der Waals surface area contributed by atoms with Crippen LogP contribution in [0.15, 0.2) is 72.1 Å². The molecule has 0 aliphatic carbocycles. The highest BCUT2D eigenvalue weighted by Gasteiger charge is 2.20. The van der Waals surface area contributed by atoms with Gasteiger partial charge in [-0.1, -0.05) is 6.07 Å². The Kier molecular flexibility index (Phi) is 6.72. The van der Waals surface area contributed by atoms with E-state index in [1.807, 2.05) is 36.4 Å². The van der Waals surface area contributed by atoms with Crippen molar-refractivity contribution < 1.29 is 8.42 Å². The van der Waals surface area contributed by atoms with Gasteiger partial charge in [-0.15, -0.1) is 0 Å². The number of pyridine rings is 3. The SMILES string of the molecule is Nc1ncc(-c2ccc3nccc(-c4ccncc4)c3c2)cc1S(=O)(=O)CNCCN1CCCC1. The van der Waals surface area contributed by atoms with Gasteiger partial charge >= 0.3 is 0 Å². The summed E-state index contributed by atoms with van der Waals surface area (Å²) in [4.78, 5) is 15.2. The maximum absolute atomic E-state index is 13.1. The number of hydrogen-bond donors (Lipinski definition) is 2. The predicted molar refractivity (Wildman–Crippen MR) is 138 cm³/mol. The fourth-order valence-corrected chi connectivity index (χ4v) is 5.75. The van der Waals surface area contributed by atoms with Crippen molar-refractivity contribution in [2.45, 2.75) is 17.7 Å². The Labute approximate surface area is 205 Å². The van der Waals surface area contributed by atoms with Crippen LogP contribution in [0.25, 0.3) is 33.2 Å². The first-order valence-electron chi connectivity index (χ1n) is 11.7. The van der Waals surface area contributed by atoms with Crippen LogP contribution in [0.3, 0.4) is 0 Å². The van der Waals surface area contributed by atoms with Crippen LogP contribution in [0.4, 0.5) is 5.82 Å². The van der Waals surface area contributed by atoms with Crippen LogP contribution < -0.4 is 11.1 Å². The Morgan fingerprint density at radius 1 is 0.914 bits per heavy atom. The van der Waals surface area contributed by atoms with Gasteiger partial charge in [0, 0.05) is 48.8 Å². The molecular weight excluding hydrogens is 460 g/mol. The third-order valence-corrected chi connectivity index (χ3v) is 7.96. The number of hydrogen-bond acceptors (Lipinski definition) is 8. The zero-order chi connectivity index (χ0) is 24.3. The molecule has 1 aliphatic rings. The summed E-state index contributed by atoms with van der Waals surface area (Å²) < 4.78 is 26.1. The molecule has 4 heterocycles. The molecule has 35 heavy (non-hydrogen) atoms. The van der Waals surface area contributed by atoms with E-state index in [0.717, 1.165) is 47.2 Å². The van der Waals surface area contributed by atoms with E-state index in [1.54, 1.807) is 30.9 Å². The lowest BCUT2D eigenvalue weighted by Gasteiger charge is -2.15. The summed E-state index contributed by atoms with van der Waals surface area (Å²) in [6, 6.07) is 13.3. The minimum Gasteiger partial charge on any atom is -0.383 e. The smallest absolute Gasteiger partial charge is 0.194 e. The summed E-state index contributed by atoms with van der Waals surface area (Å²) in [6.07, 6.45) is 9.32. The number of nitrogens with two attached hydrogens (primary N) is 1. The number of likely N-dealkylation sites (tertiary alicyclic amines) is 1. The van der Waals surface area contributed by atoms with E-state index >= 15 is 0 Å². The Balaban J connectivity index is 1.42. The minimum absolute atomic E-state index is 0.00928. The van der Waals surface area contributed by atoms with Crippen LogP contribution in [0.1, 0.15) is 12.8 Å². The van der Waals surface area contributed by atoms with Crippen molar-refractivity contribution in [3.63, 3.8) is 0 Å². The van der Waals surface area contributed by atoms with Gasteiger partial charge in [0.05, 0.1) is 5.52 Å². The number of aromatic nitrogens is 3. The van der Waals surface area contributed by atoms with Crippen molar-refractivity contribution in [3.05, 3.63) is 67.3 Å². The molecule has 3 N–H and O–H groups in total. The maximum Gasteiger partial charge on any atom is 0.194 e. The van der Waals surface area contributed by atoms with Gasteiger partial charge in [0.25, 0.3) is 0 Å². The molecule has 0 amide bonds. The van der Waals surface area contributed by atoms with Crippen LogP contribution in [0, 0.1) is 0 Å². The second-order valence-electron chi connectivity index (χ2n) is 8.74. The van der Waals surface area contributed by atoms with E-state index in [-0.39, 0.29) is 16.6 Å². The molecule has 9 heteroatoms. The molecule has 180 valence electrons. The Hall–Kier alpha value is -3.40. The third-order valence-electron chi connectivity index (χ3n) is 6.38. The molecule has 1 saturated heterocycles. The van der Waals surface area contributed by atoms with Gasteiger partial charge in [-0.25, -0.2) is 13.4 Å². The van der Waals surface area contributed by atoms with Gasteiger partial charge in [0.15, 0.2) is 9.84 Å². The normalized spacial score (nSPS) is 14.5. The van der Waals surface area contributed by atoms with E-state index < -0.39 is 9.84 Å². The first kappa shape index (κ1) is 23.3. The summed E-state index contributed by atoms with van der Waals surface area (Å²) in [6.45, 7) is 3.62. The molecule has 0 unspecified atom stereocenters. The van der Waals surface area contributed by atoms with Crippen molar-refractivity contribution >= 4 is 26.6 Å². The standard InChI is InChI=1S/C26H28N6O2S/c27-26-25(35(33,34)18-29-11-14-32-12-1-2-13-32)16-21(17-31-26)20-3-4-24-23(15-20)22(7-10-30-24)19-5-8-28-9-6-19/h3-10,15-17,29H,1-2,11-14,18H2,(H2,27,31). The van der Waals surface area contributed by atoms with Gasteiger partial charge in [-0.05, 0) is 79.0 Å². The van der Waals surface area contributed by atoms with Gasteiger partial charge in [0.1, 0.15) is 16.6 Å². The molecule has 0 bridgehead atoms. The molecular formula is C26H28N6O2S. The molecule has 1 aliphatic heterocycles. The van der Waals surface area contributed by atoms with E-state index in [9.17, 15) is 8.42 Å². The molecule has 8 nitrogen and oxygen atoms in total. The zero-order valence-electron chi connectivity index (χ0n) is 19.4. The highest BCUT2D eigenvalue weighted by molar-refractivity contribution is 7.91. The summed E-state index contributed by atoms with van der Waals surface area (Å²) in [5.41, 5.74) is 10.4. The topological polar surface area (TPSA) is 114 Å². The number of nitrogens with zero attached hydrogens (tertiary/aromatic N) is 4. The average molecular weight is 489 g/mol. The van der Waals surface area contributed by atoms with Crippen molar-refractivity contribution in [1.82, 2.24) is 25.2 Å². The van der Waals surface area contributed by atoms with Crippen LogP contribution >= 0.6 is 0 Å². The van der Waals surface area contributed by atoms with Crippen molar-refractivity contribution in [1.29, 1.82) is 0 Å². The lowest BCUT2D eigenvalue weighted by Crippen LogP contribution is -2.33. The van der Waals surface area contributed by atoms with E-state index in [4.69, 9.17) is 5.73 Å². The highest BCUT2D eigenvalue weighted by Crippen LogP contribution is 2.32. The lowest BCUT2D eigenvalue weighted by molar-refractivity contribution is 0.339. The summed E-state index contributed by atoms with van der Waals surface area (Å²) in [7, 11) is -3.65.